The number of aromatic amines is 1. The summed E-state index contributed by atoms with van der Waals surface area (Å²) < 4.78 is 0. The van der Waals surface area contributed by atoms with Crippen molar-refractivity contribution in [1.82, 2.24) is 10.3 Å². The molecule has 0 spiro atoms. The molecule has 1 aliphatic heterocycles. The maximum Gasteiger partial charge on any atom is 0.143 e. The summed E-state index contributed by atoms with van der Waals surface area (Å²) in [6.45, 7) is 5.41. The smallest absolute Gasteiger partial charge is 0.143 e. The van der Waals surface area contributed by atoms with Crippen molar-refractivity contribution in [2.75, 3.05) is 18.5 Å². The molecule has 0 aliphatic carbocycles. The van der Waals surface area contributed by atoms with Gasteiger partial charge in [-0.15, -0.1) is 0 Å². The number of hydrogen-bond donors (Lipinski definition) is 3. The average Bonchev–Trinajstić information content (AvgIpc) is 2.75. The van der Waals surface area contributed by atoms with Crippen LogP contribution in [-0.2, 0) is 0 Å². The molecule has 2 heterocycles. The Morgan fingerprint density at radius 1 is 1.53 bits per heavy atom. The second-order valence-electron chi connectivity index (χ2n) is 5.68. The van der Waals surface area contributed by atoms with Crippen LogP contribution in [0.15, 0.2) is 18.3 Å². The predicted octanol–water partition coefficient (Wildman–Crippen LogP) is 1.55. The second kappa shape index (κ2) is 4.70. The fraction of sp³-hybridized carbons (Fsp3) is 0.692. The van der Waals surface area contributed by atoms with E-state index in [9.17, 15) is 5.11 Å². The summed E-state index contributed by atoms with van der Waals surface area (Å²) in [4.78, 5) is 5.23. The molecule has 0 saturated carbocycles. The number of hydrogen-bond acceptors (Lipinski definition) is 3. The van der Waals surface area contributed by atoms with Crippen molar-refractivity contribution in [1.29, 1.82) is 0 Å². The number of rotatable bonds is 2. The number of nitrogens with one attached hydrogen (secondary N) is 2. The maximum absolute atomic E-state index is 10.5. The summed E-state index contributed by atoms with van der Waals surface area (Å²) in [5, 5.41) is 13.7. The van der Waals surface area contributed by atoms with Gasteiger partial charge in [-0.05, 0) is 37.4 Å². The van der Waals surface area contributed by atoms with Gasteiger partial charge in [-0.1, -0.05) is 13.8 Å². The van der Waals surface area contributed by atoms with Gasteiger partial charge in [0.25, 0.3) is 0 Å². The van der Waals surface area contributed by atoms with E-state index in [2.05, 4.69) is 29.0 Å². The maximum atomic E-state index is 10.5. The van der Waals surface area contributed by atoms with Crippen molar-refractivity contribution in [3.05, 3.63) is 18.3 Å². The summed E-state index contributed by atoms with van der Waals surface area (Å²) in [6.07, 6.45) is 3.50. The zero-order valence-corrected chi connectivity index (χ0v) is 10.9. The molecule has 3 N–H and O–H groups in total. The van der Waals surface area contributed by atoms with Crippen LogP contribution in [-0.4, -0.2) is 36.0 Å². The van der Waals surface area contributed by atoms with Gasteiger partial charge in [-0.2, -0.15) is 0 Å². The molecule has 4 nitrogen and oxygen atoms in total. The van der Waals surface area contributed by atoms with Gasteiger partial charge in [0.2, 0.25) is 0 Å². The van der Waals surface area contributed by atoms with Gasteiger partial charge in [0.1, 0.15) is 12.0 Å². The first kappa shape index (κ1) is 12.5. The van der Waals surface area contributed by atoms with Crippen molar-refractivity contribution in [3.63, 3.8) is 0 Å². The molecule has 2 rings (SSSR count). The Bertz CT molecular complexity index is 348. The third-order valence-electron chi connectivity index (χ3n) is 3.74. The molecule has 1 aromatic heterocycles. The SMILES string of the molecule is CNC1CC(C)(C)CCN(c2ccc[nH]2)C1O. The normalized spacial score (nSPS) is 29.1. The minimum Gasteiger partial charge on any atom is -0.372 e. The summed E-state index contributed by atoms with van der Waals surface area (Å²) in [7, 11) is 1.92. The number of aliphatic hydroxyl groups excluding tert-OH is 1. The van der Waals surface area contributed by atoms with E-state index in [4.69, 9.17) is 0 Å². The van der Waals surface area contributed by atoms with Gasteiger partial charge in [-0.3, -0.25) is 0 Å². The zero-order chi connectivity index (χ0) is 12.5. The second-order valence-corrected chi connectivity index (χ2v) is 5.68. The lowest BCUT2D eigenvalue weighted by Crippen LogP contribution is -2.48. The van der Waals surface area contributed by atoms with Gasteiger partial charge in [0, 0.05) is 12.7 Å². The molecule has 0 bridgehead atoms. The van der Waals surface area contributed by atoms with Gasteiger partial charge < -0.3 is 20.3 Å². The molecule has 4 heteroatoms. The van der Waals surface area contributed by atoms with E-state index >= 15 is 0 Å². The minimum atomic E-state index is -0.472. The Kier molecular flexibility index (Phi) is 3.45. The molecule has 17 heavy (non-hydrogen) atoms. The van der Waals surface area contributed by atoms with E-state index in [1.54, 1.807) is 0 Å². The lowest BCUT2D eigenvalue weighted by atomic mass is 9.83. The quantitative estimate of drug-likeness (QED) is 0.731. The number of aromatic nitrogens is 1. The number of nitrogens with zero attached hydrogens (tertiary/aromatic N) is 1. The first-order valence-electron chi connectivity index (χ1n) is 6.29. The van der Waals surface area contributed by atoms with E-state index in [0.717, 1.165) is 25.2 Å². The Morgan fingerprint density at radius 2 is 2.29 bits per heavy atom. The Balaban J connectivity index is 2.22. The lowest BCUT2D eigenvalue weighted by molar-refractivity contribution is 0.118. The van der Waals surface area contributed by atoms with Crippen LogP contribution in [0.5, 0.6) is 0 Å². The summed E-state index contributed by atoms with van der Waals surface area (Å²) in [6, 6.07) is 4.08. The van der Waals surface area contributed by atoms with Crippen molar-refractivity contribution in [2.24, 2.45) is 5.41 Å². The van der Waals surface area contributed by atoms with E-state index in [1.807, 2.05) is 25.4 Å². The van der Waals surface area contributed by atoms with Crippen LogP contribution in [0, 0.1) is 5.41 Å². The van der Waals surface area contributed by atoms with E-state index in [1.165, 1.54) is 0 Å². The summed E-state index contributed by atoms with van der Waals surface area (Å²) in [5.41, 5.74) is 0.260. The standard InChI is InChI=1S/C13H23N3O/c1-13(2)6-8-16(11-5-4-7-15-11)12(17)10(9-13)14-3/h4-5,7,10,12,14-15,17H,6,8-9H2,1-3H3. The third-order valence-corrected chi connectivity index (χ3v) is 3.74. The molecular formula is C13H23N3O. The predicted molar refractivity (Wildman–Crippen MR) is 70.0 cm³/mol. The first-order chi connectivity index (χ1) is 8.03. The summed E-state index contributed by atoms with van der Waals surface area (Å²) >= 11 is 0. The zero-order valence-electron chi connectivity index (χ0n) is 10.9. The van der Waals surface area contributed by atoms with Crippen LogP contribution in [0.4, 0.5) is 5.82 Å². The van der Waals surface area contributed by atoms with E-state index in [-0.39, 0.29) is 11.5 Å². The van der Waals surface area contributed by atoms with Gasteiger partial charge >= 0.3 is 0 Å². The Morgan fingerprint density at radius 3 is 2.88 bits per heavy atom. The van der Waals surface area contributed by atoms with Crippen LogP contribution in [0.2, 0.25) is 0 Å². The van der Waals surface area contributed by atoms with Crippen molar-refractivity contribution >= 4 is 5.82 Å². The Hall–Kier alpha value is -1.00. The lowest BCUT2D eigenvalue weighted by Gasteiger charge is -2.31. The minimum absolute atomic E-state index is 0.107. The number of aliphatic hydroxyl groups is 1. The number of likely N-dealkylation sites (N-methyl/N-ethyl adjacent to an activating group) is 1. The van der Waals surface area contributed by atoms with E-state index < -0.39 is 6.23 Å². The molecular weight excluding hydrogens is 214 g/mol. The van der Waals surface area contributed by atoms with Gasteiger partial charge in [0.15, 0.2) is 0 Å². The molecule has 2 unspecified atom stereocenters. The Labute approximate surface area is 103 Å². The molecule has 1 aliphatic rings. The number of H-pyrrole nitrogens is 1. The highest BCUT2D eigenvalue weighted by atomic mass is 16.3. The monoisotopic (exact) mass is 237 g/mol. The highest BCUT2D eigenvalue weighted by Crippen LogP contribution is 2.33. The molecule has 2 atom stereocenters. The largest absolute Gasteiger partial charge is 0.372 e. The average molecular weight is 237 g/mol. The van der Waals surface area contributed by atoms with Crippen LogP contribution in [0.25, 0.3) is 0 Å². The molecule has 0 radical (unpaired) electrons. The molecule has 96 valence electrons. The third kappa shape index (κ3) is 2.64. The van der Waals surface area contributed by atoms with Gasteiger partial charge in [-0.25, -0.2) is 0 Å². The molecule has 0 aromatic carbocycles. The van der Waals surface area contributed by atoms with E-state index in [0.29, 0.717) is 0 Å². The van der Waals surface area contributed by atoms with Crippen molar-refractivity contribution < 1.29 is 5.11 Å². The highest BCUT2D eigenvalue weighted by Gasteiger charge is 2.35. The molecule has 1 saturated heterocycles. The summed E-state index contributed by atoms with van der Waals surface area (Å²) in [5.74, 6) is 0.996. The fourth-order valence-electron chi connectivity index (χ4n) is 2.59. The first-order valence-corrected chi connectivity index (χ1v) is 6.29. The molecule has 1 fully saturated rings. The van der Waals surface area contributed by atoms with Crippen LogP contribution in [0.3, 0.4) is 0 Å². The topological polar surface area (TPSA) is 51.3 Å². The fourth-order valence-corrected chi connectivity index (χ4v) is 2.59. The van der Waals surface area contributed by atoms with Crippen LogP contribution in [0.1, 0.15) is 26.7 Å². The van der Waals surface area contributed by atoms with Crippen LogP contribution >= 0.6 is 0 Å². The highest BCUT2D eigenvalue weighted by molar-refractivity contribution is 5.40. The van der Waals surface area contributed by atoms with Crippen molar-refractivity contribution in [2.45, 2.75) is 39.0 Å². The van der Waals surface area contributed by atoms with Gasteiger partial charge in [0.05, 0.1) is 6.04 Å². The van der Waals surface area contributed by atoms with Crippen molar-refractivity contribution in [3.8, 4) is 0 Å². The molecule has 1 aromatic rings. The molecule has 0 amide bonds. The number of anilines is 1. The van der Waals surface area contributed by atoms with Crippen LogP contribution < -0.4 is 10.2 Å².